The van der Waals surface area contributed by atoms with Crippen molar-refractivity contribution in [3.8, 4) is 0 Å². The molecule has 0 aromatic carbocycles. The minimum Gasteiger partial charge on any atom is -0.369 e. The second kappa shape index (κ2) is 5.94. The second-order valence-electron chi connectivity index (χ2n) is 4.44. The van der Waals surface area contributed by atoms with E-state index in [1.165, 1.54) is 0 Å². The number of alkyl halides is 3. The molecule has 0 spiro atoms. The number of rotatable bonds is 4. The van der Waals surface area contributed by atoms with Crippen LogP contribution in [0.1, 0.15) is 17.0 Å². The van der Waals surface area contributed by atoms with E-state index >= 15 is 0 Å². The summed E-state index contributed by atoms with van der Waals surface area (Å²) in [6.45, 7) is 2.11. The van der Waals surface area contributed by atoms with Crippen LogP contribution in [0.2, 0.25) is 0 Å². The molecule has 0 saturated heterocycles. The molecule has 0 atom stereocenters. The molecular formula is C13H14F3N5. The molecule has 2 heterocycles. The van der Waals surface area contributed by atoms with Crippen molar-refractivity contribution in [2.24, 2.45) is 0 Å². The highest BCUT2D eigenvalue weighted by molar-refractivity contribution is 5.47. The van der Waals surface area contributed by atoms with Gasteiger partial charge in [-0.15, -0.1) is 0 Å². The first-order valence-electron chi connectivity index (χ1n) is 6.22. The molecule has 21 heavy (non-hydrogen) atoms. The van der Waals surface area contributed by atoms with E-state index in [2.05, 4.69) is 20.3 Å². The van der Waals surface area contributed by atoms with Crippen LogP contribution in [0, 0.1) is 6.92 Å². The molecule has 3 N–H and O–H groups in total. The van der Waals surface area contributed by atoms with E-state index in [0.29, 0.717) is 12.6 Å². The minimum absolute atomic E-state index is 0.209. The molecule has 5 nitrogen and oxygen atoms in total. The van der Waals surface area contributed by atoms with Crippen molar-refractivity contribution >= 4 is 11.8 Å². The minimum atomic E-state index is -4.53. The molecule has 0 aliphatic heterocycles. The number of pyridine rings is 1. The third kappa shape index (κ3) is 4.04. The second-order valence-corrected chi connectivity index (χ2v) is 4.44. The normalized spacial score (nSPS) is 11.4. The van der Waals surface area contributed by atoms with Crippen molar-refractivity contribution in [1.82, 2.24) is 15.0 Å². The topological polar surface area (TPSA) is 76.7 Å². The van der Waals surface area contributed by atoms with E-state index in [4.69, 9.17) is 5.73 Å². The Morgan fingerprint density at radius 3 is 2.67 bits per heavy atom. The number of aryl methyl sites for hydroxylation is 1. The lowest BCUT2D eigenvalue weighted by atomic mass is 10.2. The number of anilines is 2. The maximum atomic E-state index is 12.8. The predicted octanol–water partition coefficient (Wildman–Crippen LogP) is 2.44. The van der Waals surface area contributed by atoms with Crippen LogP contribution >= 0.6 is 0 Å². The largest absolute Gasteiger partial charge is 0.421 e. The molecule has 0 aliphatic rings. The Bertz CT molecular complexity index is 627. The molecule has 0 radical (unpaired) electrons. The van der Waals surface area contributed by atoms with Crippen LogP contribution in [0.3, 0.4) is 0 Å². The van der Waals surface area contributed by atoms with Crippen LogP contribution in [0.5, 0.6) is 0 Å². The number of nitrogens with one attached hydrogen (secondary N) is 1. The number of nitrogen functional groups attached to an aromatic ring is 1. The zero-order valence-corrected chi connectivity index (χ0v) is 11.3. The lowest BCUT2D eigenvalue weighted by Gasteiger charge is -2.13. The fourth-order valence-corrected chi connectivity index (χ4v) is 1.79. The zero-order chi connectivity index (χ0) is 15.5. The molecule has 0 saturated carbocycles. The summed E-state index contributed by atoms with van der Waals surface area (Å²) in [6.07, 6.45) is -3.38. The highest BCUT2D eigenvalue weighted by Gasteiger charge is 2.35. The average Bonchev–Trinajstić information content (AvgIpc) is 2.37. The third-order valence-corrected chi connectivity index (χ3v) is 2.73. The molecule has 2 rings (SSSR count). The van der Waals surface area contributed by atoms with Gasteiger partial charge < -0.3 is 11.1 Å². The summed E-state index contributed by atoms with van der Waals surface area (Å²) < 4.78 is 38.4. The van der Waals surface area contributed by atoms with Crippen molar-refractivity contribution in [3.05, 3.63) is 41.3 Å². The predicted molar refractivity (Wildman–Crippen MR) is 72.6 cm³/mol. The fourth-order valence-electron chi connectivity index (χ4n) is 1.79. The van der Waals surface area contributed by atoms with Gasteiger partial charge in [0.25, 0.3) is 0 Å². The third-order valence-electron chi connectivity index (χ3n) is 2.73. The summed E-state index contributed by atoms with van der Waals surface area (Å²) in [5, 5.41) is 2.64. The first-order valence-corrected chi connectivity index (χ1v) is 6.22. The van der Waals surface area contributed by atoms with E-state index in [1.807, 2.05) is 25.1 Å². The maximum absolute atomic E-state index is 12.8. The highest BCUT2D eigenvalue weighted by Crippen LogP contribution is 2.33. The van der Waals surface area contributed by atoms with Crippen LogP contribution in [0.15, 0.2) is 24.4 Å². The molecule has 8 heteroatoms. The Morgan fingerprint density at radius 2 is 2.00 bits per heavy atom. The first-order chi connectivity index (χ1) is 9.86. The maximum Gasteiger partial charge on any atom is 0.421 e. The van der Waals surface area contributed by atoms with Gasteiger partial charge in [-0.1, -0.05) is 6.07 Å². The summed E-state index contributed by atoms with van der Waals surface area (Å²) in [5.74, 6) is -0.526. The van der Waals surface area contributed by atoms with Crippen LogP contribution in [0.25, 0.3) is 0 Å². The molecule has 2 aromatic heterocycles. The molecule has 112 valence electrons. The molecule has 0 amide bonds. The highest BCUT2D eigenvalue weighted by atomic mass is 19.4. The van der Waals surface area contributed by atoms with Crippen molar-refractivity contribution in [2.75, 3.05) is 17.6 Å². The lowest BCUT2D eigenvalue weighted by Crippen LogP contribution is -2.16. The summed E-state index contributed by atoms with van der Waals surface area (Å²) in [5.41, 5.74) is 6.04. The van der Waals surface area contributed by atoms with Gasteiger partial charge in [-0.05, 0) is 19.1 Å². The zero-order valence-electron chi connectivity index (χ0n) is 11.3. The number of halogens is 3. The van der Waals surface area contributed by atoms with Gasteiger partial charge in [0.2, 0.25) is 5.95 Å². The Balaban J connectivity index is 2.08. The van der Waals surface area contributed by atoms with Gasteiger partial charge in [0.1, 0.15) is 11.4 Å². The number of nitrogens with two attached hydrogens (primary N) is 1. The molecule has 0 bridgehead atoms. The average molecular weight is 297 g/mol. The first kappa shape index (κ1) is 15.0. The van der Waals surface area contributed by atoms with Gasteiger partial charge in [-0.2, -0.15) is 18.2 Å². The van der Waals surface area contributed by atoms with Gasteiger partial charge in [0.05, 0.1) is 0 Å². The molecule has 0 aliphatic carbocycles. The van der Waals surface area contributed by atoms with Gasteiger partial charge in [0.15, 0.2) is 0 Å². The number of nitrogens with zero attached hydrogens (tertiary/aromatic N) is 3. The van der Waals surface area contributed by atoms with E-state index in [1.54, 1.807) is 0 Å². The number of aromatic nitrogens is 3. The van der Waals surface area contributed by atoms with Crippen LogP contribution in [-0.4, -0.2) is 21.5 Å². The van der Waals surface area contributed by atoms with E-state index < -0.39 is 11.7 Å². The molecular weight excluding hydrogens is 283 g/mol. The van der Waals surface area contributed by atoms with Crippen molar-refractivity contribution < 1.29 is 13.2 Å². The summed E-state index contributed by atoms with van der Waals surface area (Å²) >= 11 is 0. The molecule has 0 unspecified atom stereocenters. The molecule has 2 aromatic rings. The number of hydrogen-bond donors (Lipinski definition) is 2. The van der Waals surface area contributed by atoms with Crippen LogP contribution < -0.4 is 11.1 Å². The number of hydrogen-bond acceptors (Lipinski definition) is 5. The smallest absolute Gasteiger partial charge is 0.369 e. The lowest BCUT2D eigenvalue weighted by molar-refractivity contribution is -0.137. The Morgan fingerprint density at radius 1 is 1.24 bits per heavy atom. The summed E-state index contributed by atoms with van der Waals surface area (Å²) in [7, 11) is 0. The SMILES string of the molecule is Cc1cccc(CCNc2nc(N)ncc2C(F)(F)F)n1. The Labute approximate surface area is 119 Å². The summed E-state index contributed by atoms with van der Waals surface area (Å²) in [6, 6.07) is 5.51. The Hall–Kier alpha value is -2.38. The van der Waals surface area contributed by atoms with Crippen LogP contribution in [-0.2, 0) is 12.6 Å². The monoisotopic (exact) mass is 297 g/mol. The Kier molecular flexibility index (Phi) is 4.25. The van der Waals surface area contributed by atoms with Gasteiger partial charge in [-0.25, -0.2) is 4.98 Å². The standard InChI is InChI=1S/C13H14F3N5/c1-8-3-2-4-9(20-8)5-6-18-11-10(13(14,15)16)7-19-12(17)21-11/h2-4,7H,5-6H2,1H3,(H3,17,18,19,21). The quantitative estimate of drug-likeness (QED) is 0.906. The molecule has 0 fully saturated rings. The van der Waals surface area contributed by atoms with Gasteiger partial charge in [-0.3, -0.25) is 4.98 Å². The van der Waals surface area contributed by atoms with E-state index in [-0.39, 0.29) is 18.3 Å². The van der Waals surface area contributed by atoms with Crippen LogP contribution in [0.4, 0.5) is 24.9 Å². The van der Waals surface area contributed by atoms with Crippen molar-refractivity contribution in [2.45, 2.75) is 19.5 Å². The van der Waals surface area contributed by atoms with E-state index in [9.17, 15) is 13.2 Å². The van der Waals surface area contributed by atoms with Gasteiger partial charge >= 0.3 is 6.18 Å². The summed E-state index contributed by atoms with van der Waals surface area (Å²) in [4.78, 5) is 11.3. The van der Waals surface area contributed by atoms with Crippen molar-refractivity contribution in [1.29, 1.82) is 0 Å². The van der Waals surface area contributed by atoms with Gasteiger partial charge in [0, 0.05) is 30.6 Å². The van der Waals surface area contributed by atoms with E-state index in [0.717, 1.165) is 11.4 Å². The fraction of sp³-hybridized carbons (Fsp3) is 0.308. The van der Waals surface area contributed by atoms with Crippen molar-refractivity contribution in [3.63, 3.8) is 0 Å².